The van der Waals surface area contributed by atoms with E-state index in [1.54, 1.807) is 24.8 Å². The van der Waals surface area contributed by atoms with Crippen molar-refractivity contribution in [1.82, 2.24) is 19.9 Å². The Kier molecular flexibility index (Phi) is 9.62. The van der Waals surface area contributed by atoms with Crippen molar-refractivity contribution in [3.05, 3.63) is 96.1 Å². The molecule has 0 N–H and O–H groups in total. The molecule has 0 saturated heterocycles. The van der Waals surface area contributed by atoms with Crippen LogP contribution in [0.1, 0.15) is 46.8 Å². The van der Waals surface area contributed by atoms with Gasteiger partial charge in [0, 0.05) is 56.0 Å². The van der Waals surface area contributed by atoms with E-state index in [0.29, 0.717) is 0 Å². The van der Waals surface area contributed by atoms with Crippen molar-refractivity contribution in [3.8, 4) is 0 Å². The molecule has 0 aliphatic carbocycles. The fourth-order valence-corrected chi connectivity index (χ4v) is 5.83. The molecular formula is C26H26N4S6. The van der Waals surface area contributed by atoms with E-state index < -0.39 is 10.7 Å². The van der Waals surface area contributed by atoms with Gasteiger partial charge in [-0.05, 0) is 67.1 Å². The van der Waals surface area contributed by atoms with Crippen molar-refractivity contribution >= 4 is 75.8 Å². The second-order valence-corrected chi connectivity index (χ2v) is 11.4. The van der Waals surface area contributed by atoms with E-state index in [2.05, 4.69) is 63.1 Å². The van der Waals surface area contributed by atoms with Gasteiger partial charge in [0.1, 0.15) is 0 Å². The van der Waals surface area contributed by atoms with Crippen LogP contribution >= 0.6 is 75.8 Å². The summed E-state index contributed by atoms with van der Waals surface area (Å²) in [6.45, 7) is 0. The van der Waals surface area contributed by atoms with Crippen molar-refractivity contribution in [2.24, 2.45) is 0 Å². The number of pyridine rings is 4. The molecule has 0 saturated carbocycles. The molecule has 4 rings (SSSR count). The highest BCUT2D eigenvalue weighted by Gasteiger charge is 2.51. The molecule has 4 aromatic heterocycles. The minimum absolute atomic E-state index is 0.157. The Morgan fingerprint density at radius 1 is 0.611 bits per heavy atom. The fraction of sp³-hybridized carbons (Fsp3) is 0.231. The summed E-state index contributed by atoms with van der Waals surface area (Å²) in [6, 6.07) is 15.7. The average molecular weight is 587 g/mol. The van der Waals surface area contributed by atoms with Gasteiger partial charge in [-0.15, -0.1) is 50.5 Å². The Hall–Kier alpha value is -1.30. The Labute approximate surface area is 245 Å². The van der Waals surface area contributed by atoms with Crippen molar-refractivity contribution in [3.63, 3.8) is 0 Å². The quantitative estimate of drug-likeness (QED) is 0.121. The largest absolute Gasteiger partial charge is 0.260 e. The standard InChI is InChI=1S/C26H26N4S6/c31-11-1-2-20(21-7-3-16(32)12-27-21)26(23-9-5-18(34)14-29-23,24-10-6-19(35)15-30-24)25(36)22-8-4-17(33)13-28-22/h3-10,12-15,20,25,31-36H,1-2,11H2. The molecule has 0 aliphatic rings. The average Bonchev–Trinajstić information content (AvgIpc) is 2.89. The van der Waals surface area contributed by atoms with Crippen molar-refractivity contribution in [2.75, 3.05) is 5.75 Å². The van der Waals surface area contributed by atoms with Crippen LogP contribution in [-0.4, -0.2) is 25.7 Å². The lowest BCUT2D eigenvalue weighted by molar-refractivity contribution is 0.350. The van der Waals surface area contributed by atoms with Crippen molar-refractivity contribution in [1.29, 1.82) is 0 Å². The minimum Gasteiger partial charge on any atom is -0.260 e. The van der Waals surface area contributed by atoms with E-state index in [1.807, 2.05) is 48.5 Å². The summed E-state index contributed by atoms with van der Waals surface area (Å²) in [4.78, 5) is 22.4. The second-order valence-electron chi connectivity index (χ2n) is 8.38. The first-order chi connectivity index (χ1) is 17.4. The van der Waals surface area contributed by atoms with Crippen LogP contribution in [0.4, 0.5) is 0 Å². The van der Waals surface area contributed by atoms with Gasteiger partial charge in [-0.1, -0.05) is 0 Å². The number of thiol groups is 6. The van der Waals surface area contributed by atoms with E-state index in [9.17, 15) is 0 Å². The van der Waals surface area contributed by atoms with Gasteiger partial charge in [-0.2, -0.15) is 25.3 Å². The van der Waals surface area contributed by atoms with E-state index in [4.69, 9.17) is 32.6 Å². The van der Waals surface area contributed by atoms with Gasteiger partial charge in [0.15, 0.2) is 0 Å². The molecule has 2 unspecified atom stereocenters. The van der Waals surface area contributed by atoms with Gasteiger partial charge in [0.05, 0.1) is 27.7 Å². The highest BCUT2D eigenvalue weighted by atomic mass is 32.1. The topological polar surface area (TPSA) is 51.6 Å². The summed E-state index contributed by atoms with van der Waals surface area (Å²) < 4.78 is 0. The zero-order valence-corrected chi connectivity index (χ0v) is 24.5. The van der Waals surface area contributed by atoms with Gasteiger partial charge in [0.25, 0.3) is 0 Å². The van der Waals surface area contributed by atoms with Crippen LogP contribution in [0.25, 0.3) is 0 Å². The molecule has 0 amide bonds. The summed E-state index contributed by atoms with van der Waals surface area (Å²) in [6.07, 6.45) is 8.65. The fourth-order valence-electron chi connectivity index (χ4n) is 4.52. The third-order valence-corrected chi connectivity index (χ3v) is 8.20. The van der Waals surface area contributed by atoms with Crippen LogP contribution in [-0.2, 0) is 5.41 Å². The van der Waals surface area contributed by atoms with Crippen LogP contribution < -0.4 is 0 Å². The van der Waals surface area contributed by atoms with E-state index in [0.717, 1.165) is 61.0 Å². The summed E-state index contributed by atoms with van der Waals surface area (Å²) in [5.41, 5.74) is 2.44. The lowest BCUT2D eigenvalue weighted by Crippen LogP contribution is -2.42. The maximum absolute atomic E-state index is 5.27. The second kappa shape index (κ2) is 12.5. The van der Waals surface area contributed by atoms with Gasteiger partial charge in [-0.25, -0.2) is 0 Å². The third-order valence-electron chi connectivity index (χ3n) is 6.15. The molecule has 4 heterocycles. The van der Waals surface area contributed by atoms with Gasteiger partial charge in [0.2, 0.25) is 0 Å². The Morgan fingerprint density at radius 2 is 1.06 bits per heavy atom. The molecule has 2 atom stereocenters. The number of aromatic nitrogens is 4. The number of hydrogen-bond acceptors (Lipinski definition) is 10. The lowest BCUT2D eigenvalue weighted by Gasteiger charge is -2.44. The molecule has 4 nitrogen and oxygen atoms in total. The predicted octanol–water partition coefficient (Wildman–Crippen LogP) is 6.87. The first-order valence-corrected chi connectivity index (χ1v) is 14.2. The van der Waals surface area contributed by atoms with Crippen LogP contribution in [0.2, 0.25) is 0 Å². The molecule has 0 bridgehead atoms. The van der Waals surface area contributed by atoms with E-state index in [1.165, 1.54) is 0 Å². The molecule has 0 spiro atoms. The molecule has 10 heteroatoms. The zero-order chi connectivity index (χ0) is 25.7. The number of hydrogen-bond donors (Lipinski definition) is 6. The van der Waals surface area contributed by atoms with Crippen LogP contribution in [0.3, 0.4) is 0 Å². The zero-order valence-electron chi connectivity index (χ0n) is 19.2. The Morgan fingerprint density at radius 3 is 1.44 bits per heavy atom. The summed E-state index contributed by atoms with van der Waals surface area (Å²) in [7, 11) is 0. The molecule has 36 heavy (non-hydrogen) atoms. The molecule has 0 radical (unpaired) electrons. The van der Waals surface area contributed by atoms with Gasteiger partial charge >= 0.3 is 0 Å². The van der Waals surface area contributed by atoms with E-state index >= 15 is 0 Å². The van der Waals surface area contributed by atoms with Gasteiger partial charge < -0.3 is 0 Å². The monoisotopic (exact) mass is 586 g/mol. The maximum Gasteiger partial charge on any atom is 0.0802 e. The van der Waals surface area contributed by atoms with E-state index in [-0.39, 0.29) is 5.92 Å². The predicted molar refractivity (Wildman–Crippen MR) is 164 cm³/mol. The normalized spacial score (nSPS) is 13.4. The Bertz CT molecular complexity index is 1220. The summed E-state index contributed by atoms with van der Waals surface area (Å²) >= 11 is 27.7. The molecule has 0 fully saturated rings. The molecular weight excluding hydrogens is 561 g/mol. The smallest absolute Gasteiger partial charge is 0.0802 e. The van der Waals surface area contributed by atoms with Gasteiger partial charge in [-0.3, -0.25) is 19.9 Å². The first-order valence-electron chi connectivity index (χ1n) is 11.3. The first kappa shape index (κ1) is 27.7. The Balaban J connectivity index is 2.08. The highest BCUT2D eigenvalue weighted by molar-refractivity contribution is 7.81. The molecule has 0 aromatic carbocycles. The SMILES string of the molecule is SCCCC(c1ccc(S)cn1)C(c1ccc(S)cn1)(c1ccc(S)cn1)C(S)c1ccc(S)cn1. The lowest BCUT2D eigenvalue weighted by atomic mass is 9.63. The highest BCUT2D eigenvalue weighted by Crippen LogP contribution is 2.55. The summed E-state index contributed by atoms with van der Waals surface area (Å²) in [5.74, 6) is 0.572. The summed E-state index contributed by atoms with van der Waals surface area (Å²) in [5, 5.41) is -0.426. The van der Waals surface area contributed by atoms with Crippen molar-refractivity contribution < 1.29 is 0 Å². The number of rotatable bonds is 9. The molecule has 186 valence electrons. The van der Waals surface area contributed by atoms with Crippen LogP contribution in [0, 0.1) is 0 Å². The van der Waals surface area contributed by atoms with Crippen LogP contribution in [0.5, 0.6) is 0 Å². The van der Waals surface area contributed by atoms with Crippen LogP contribution in [0.15, 0.2) is 92.9 Å². The number of nitrogens with zero attached hydrogens (tertiary/aromatic N) is 4. The molecule has 0 aliphatic heterocycles. The van der Waals surface area contributed by atoms with Crippen molar-refractivity contribution in [2.45, 2.75) is 49.0 Å². The maximum atomic E-state index is 5.27. The minimum atomic E-state index is -0.842. The third kappa shape index (κ3) is 5.89. The molecule has 4 aromatic rings.